The van der Waals surface area contributed by atoms with Crippen molar-refractivity contribution in [2.24, 2.45) is 10.7 Å². The summed E-state index contributed by atoms with van der Waals surface area (Å²) in [6.45, 7) is 3.61. The standard InChI is InChI=1S/C11H21N3O2/c1-15-9-6-14-11(12)13-5-2-10-3-7-16-8-4-10/h3H,2,4-9H2,1H3,(H3,12,13,14). The number of nitrogens with zero attached hydrogens (tertiary/aromatic N) is 1. The van der Waals surface area contributed by atoms with Crippen LogP contribution in [0.5, 0.6) is 0 Å². The summed E-state index contributed by atoms with van der Waals surface area (Å²) in [6, 6.07) is 0. The van der Waals surface area contributed by atoms with Crippen molar-refractivity contribution in [1.29, 1.82) is 0 Å². The number of aliphatic imine (C=N–C) groups is 1. The predicted molar refractivity (Wildman–Crippen MR) is 64.5 cm³/mol. The van der Waals surface area contributed by atoms with Crippen LogP contribution in [0.25, 0.3) is 0 Å². The zero-order valence-corrected chi connectivity index (χ0v) is 9.87. The fourth-order valence-electron chi connectivity index (χ4n) is 1.46. The van der Waals surface area contributed by atoms with Crippen molar-refractivity contribution < 1.29 is 9.47 Å². The van der Waals surface area contributed by atoms with Crippen LogP contribution in [0, 0.1) is 0 Å². The molecule has 0 unspecified atom stereocenters. The Balaban J connectivity index is 2.09. The molecule has 0 aromatic heterocycles. The number of hydrogen-bond acceptors (Lipinski definition) is 3. The molecule has 1 heterocycles. The molecule has 5 nitrogen and oxygen atoms in total. The Morgan fingerprint density at radius 3 is 3.25 bits per heavy atom. The molecule has 1 rings (SSSR count). The molecule has 92 valence electrons. The lowest BCUT2D eigenvalue weighted by Gasteiger charge is -2.13. The van der Waals surface area contributed by atoms with E-state index >= 15 is 0 Å². The molecule has 16 heavy (non-hydrogen) atoms. The number of rotatable bonds is 6. The van der Waals surface area contributed by atoms with E-state index in [0.29, 0.717) is 19.1 Å². The Bertz CT molecular complexity index is 252. The van der Waals surface area contributed by atoms with Gasteiger partial charge in [0, 0.05) is 13.7 Å². The van der Waals surface area contributed by atoms with Crippen molar-refractivity contribution in [2.75, 3.05) is 40.0 Å². The summed E-state index contributed by atoms with van der Waals surface area (Å²) in [5.74, 6) is 0.490. The molecule has 1 aliphatic heterocycles. The Morgan fingerprint density at radius 2 is 2.56 bits per heavy atom. The van der Waals surface area contributed by atoms with Crippen LogP contribution in [0.4, 0.5) is 0 Å². The highest BCUT2D eigenvalue weighted by Gasteiger charge is 2.02. The third-order valence-electron chi connectivity index (χ3n) is 2.39. The van der Waals surface area contributed by atoms with E-state index in [2.05, 4.69) is 16.4 Å². The summed E-state index contributed by atoms with van der Waals surface area (Å²) >= 11 is 0. The van der Waals surface area contributed by atoms with Gasteiger partial charge >= 0.3 is 0 Å². The Labute approximate surface area is 96.7 Å². The minimum absolute atomic E-state index is 0.490. The van der Waals surface area contributed by atoms with Crippen LogP contribution < -0.4 is 11.1 Å². The first kappa shape index (κ1) is 13.0. The number of methoxy groups -OCH3 is 1. The number of nitrogens with two attached hydrogens (primary N) is 1. The second-order valence-electron chi connectivity index (χ2n) is 3.62. The third kappa shape index (κ3) is 5.72. The Morgan fingerprint density at radius 1 is 1.69 bits per heavy atom. The number of ether oxygens (including phenoxy) is 2. The summed E-state index contributed by atoms with van der Waals surface area (Å²) in [7, 11) is 1.65. The molecule has 0 aliphatic carbocycles. The van der Waals surface area contributed by atoms with Crippen molar-refractivity contribution in [3.05, 3.63) is 11.6 Å². The van der Waals surface area contributed by atoms with Crippen molar-refractivity contribution in [3.63, 3.8) is 0 Å². The van der Waals surface area contributed by atoms with Crippen LogP contribution >= 0.6 is 0 Å². The summed E-state index contributed by atoms with van der Waals surface area (Å²) in [5, 5.41) is 3.08. The van der Waals surface area contributed by atoms with E-state index in [1.165, 1.54) is 5.57 Å². The zero-order valence-electron chi connectivity index (χ0n) is 9.87. The van der Waals surface area contributed by atoms with Gasteiger partial charge in [0.1, 0.15) is 0 Å². The van der Waals surface area contributed by atoms with Gasteiger partial charge in [0.15, 0.2) is 5.96 Å². The molecule has 3 N–H and O–H groups in total. The van der Waals surface area contributed by atoms with E-state index in [0.717, 1.165) is 32.6 Å². The minimum Gasteiger partial charge on any atom is -0.383 e. The van der Waals surface area contributed by atoms with Gasteiger partial charge in [0.25, 0.3) is 0 Å². The van der Waals surface area contributed by atoms with Crippen LogP contribution in [0.2, 0.25) is 0 Å². The smallest absolute Gasteiger partial charge is 0.188 e. The normalized spacial score (nSPS) is 17.1. The van der Waals surface area contributed by atoms with Crippen LogP contribution in [-0.2, 0) is 9.47 Å². The van der Waals surface area contributed by atoms with Gasteiger partial charge in [-0.05, 0) is 12.8 Å². The molecule has 0 bridgehead atoms. The lowest BCUT2D eigenvalue weighted by atomic mass is 10.1. The molecule has 1 aliphatic rings. The molecule has 0 spiro atoms. The summed E-state index contributed by atoms with van der Waals surface area (Å²) in [4.78, 5) is 4.11. The topological polar surface area (TPSA) is 68.9 Å². The highest BCUT2D eigenvalue weighted by atomic mass is 16.5. The van der Waals surface area contributed by atoms with Crippen molar-refractivity contribution in [2.45, 2.75) is 12.8 Å². The van der Waals surface area contributed by atoms with Gasteiger partial charge in [-0.15, -0.1) is 0 Å². The van der Waals surface area contributed by atoms with Gasteiger partial charge in [-0.3, -0.25) is 4.99 Å². The molecule has 0 saturated carbocycles. The van der Waals surface area contributed by atoms with E-state index < -0.39 is 0 Å². The van der Waals surface area contributed by atoms with Crippen LogP contribution in [0.15, 0.2) is 16.6 Å². The maximum Gasteiger partial charge on any atom is 0.188 e. The van der Waals surface area contributed by atoms with Gasteiger partial charge in [0.05, 0.1) is 26.4 Å². The molecular formula is C11H21N3O2. The molecule has 0 amide bonds. The van der Waals surface area contributed by atoms with Crippen molar-refractivity contribution in [3.8, 4) is 0 Å². The van der Waals surface area contributed by atoms with E-state index in [1.54, 1.807) is 7.11 Å². The summed E-state index contributed by atoms with van der Waals surface area (Å²) < 4.78 is 10.1. The van der Waals surface area contributed by atoms with Crippen LogP contribution in [0.1, 0.15) is 12.8 Å². The third-order valence-corrected chi connectivity index (χ3v) is 2.39. The van der Waals surface area contributed by atoms with Gasteiger partial charge < -0.3 is 20.5 Å². The first-order valence-corrected chi connectivity index (χ1v) is 5.61. The maximum atomic E-state index is 5.67. The van der Waals surface area contributed by atoms with E-state index in [1.807, 2.05) is 0 Å². The number of hydrogen-bond donors (Lipinski definition) is 2. The maximum absolute atomic E-state index is 5.67. The fraction of sp³-hybridized carbons (Fsp3) is 0.727. The highest BCUT2D eigenvalue weighted by Crippen LogP contribution is 2.10. The predicted octanol–water partition coefficient (Wildman–Crippen LogP) is 0.274. The van der Waals surface area contributed by atoms with E-state index in [-0.39, 0.29) is 0 Å². The quantitative estimate of drug-likeness (QED) is 0.296. The second kappa shape index (κ2) is 8.13. The van der Waals surface area contributed by atoms with Gasteiger partial charge in [0.2, 0.25) is 0 Å². The summed E-state index contributed by atoms with van der Waals surface area (Å²) in [6.07, 6.45) is 4.18. The Kier molecular flexibility index (Phi) is 6.60. The van der Waals surface area contributed by atoms with Gasteiger partial charge in [-0.2, -0.15) is 0 Å². The average molecular weight is 227 g/mol. The second-order valence-corrected chi connectivity index (χ2v) is 3.62. The van der Waals surface area contributed by atoms with Crippen molar-refractivity contribution >= 4 is 5.96 Å². The lowest BCUT2D eigenvalue weighted by molar-refractivity contribution is 0.153. The first-order valence-electron chi connectivity index (χ1n) is 5.61. The Hall–Kier alpha value is -1.07. The molecule has 0 aromatic carbocycles. The molecule has 5 heteroatoms. The minimum atomic E-state index is 0.490. The largest absolute Gasteiger partial charge is 0.383 e. The first-order chi connectivity index (χ1) is 7.83. The average Bonchev–Trinajstić information content (AvgIpc) is 2.31. The molecule has 0 radical (unpaired) electrons. The monoisotopic (exact) mass is 227 g/mol. The van der Waals surface area contributed by atoms with Gasteiger partial charge in [-0.1, -0.05) is 11.6 Å². The van der Waals surface area contributed by atoms with Crippen molar-refractivity contribution in [1.82, 2.24) is 5.32 Å². The molecular weight excluding hydrogens is 206 g/mol. The summed E-state index contributed by atoms with van der Waals surface area (Å²) in [5.41, 5.74) is 7.10. The van der Waals surface area contributed by atoms with Crippen LogP contribution in [-0.4, -0.2) is 46.0 Å². The van der Waals surface area contributed by atoms with E-state index in [9.17, 15) is 0 Å². The van der Waals surface area contributed by atoms with Crippen LogP contribution in [0.3, 0.4) is 0 Å². The SMILES string of the molecule is COCCN=C(N)NCCC1=CCOCC1. The van der Waals surface area contributed by atoms with E-state index in [4.69, 9.17) is 15.2 Å². The fourth-order valence-corrected chi connectivity index (χ4v) is 1.46. The number of guanidine groups is 1. The lowest BCUT2D eigenvalue weighted by Crippen LogP contribution is -2.33. The van der Waals surface area contributed by atoms with Gasteiger partial charge in [-0.25, -0.2) is 0 Å². The molecule has 0 atom stereocenters. The molecule has 0 saturated heterocycles. The highest BCUT2D eigenvalue weighted by molar-refractivity contribution is 5.77. The molecule has 0 aromatic rings. The zero-order chi connectivity index (χ0) is 11.6. The number of nitrogens with one attached hydrogen (secondary N) is 1. The molecule has 0 fully saturated rings.